The van der Waals surface area contributed by atoms with E-state index in [2.05, 4.69) is 0 Å². The molecule has 1 atom stereocenters. The van der Waals surface area contributed by atoms with Gasteiger partial charge in [0.25, 0.3) is 5.91 Å². The minimum atomic E-state index is -3.52. The highest BCUT2D eigenvalue weighted by molar-refractivity contribution is 7.89. The van der Waals surface area contributed by atoms with Gasteiger partial charge in [0.1, 0.15) is 0 Å². The molecule has 2 aliphatic heterocycles. The molecule has 2 saturated heterocycles. The number of rotatable bonds is 6. The fourth-order valence-corrected chi connectivity index (χ4v) is 7.00. The van der Waals surface area contributed by atoms with Crippen LogP contribution in [0.1, 0.15) is 41.6 Å². The summed E-state index contributed by atoms with van der Waals surface area (Å²) in [5.41, 5.74) is 2.40. The number of hydrogen-bond acceptors (Lipinski definition) is 6. The third kappa shape index (κ3) is 4.42. The van der Waals surface area contributed by atoms with Crippen LogP contribution in [0.4, 0.5) is 5.13 Å². The summed E-state index contributed by atoms with van der Waals surface area (Å²) in [6.07, 6.45) is 3.62. The van der Waals surface area contributed by atoms with E-state index in [-0.39, 0.29) is 16.9 Å². The first-order valence-corrected chi connectivity index (χ1v) is 13.6. The molecule has 0 bridgehead atoms. The van der Waals surface area contributed by atoms with Crippen molar-refractivity contribution in [1.29, 1.82) is 0 Å². The van der Waals surface area contributed by atoms with Crippen molar-refractivity contribution in [2.75, 3.05) is 31.1 Å². The van der Waals surface area contributed by atoms with Gasteiger partial charge in [-0.25, -0.2) is 13.4 Å². The van der Waals surface area contributed by atoms with Crippen LogP contribution in [0.15, 0.2) is 47.4 Å². The largest absolute Gasteiger partial charge is 0.376 e. The van der Waals surface area contributed by atoms with Gasteiger partial charge in [0.05, 0.1) is 27.8 Å². The smallest absolute Gasteiger partial charge is 0.260 e. The SMILES string of the molecule is Cc1cccc2sc(N(CC3CCCO3)C(=O)c3ccc(S(=O)(=O)N4CCCC4)cc3)nc12. The van der Waals surface area contributed by atoms with E-state index in [0.717, 1.165) is 41.5 Å². The maximum Gasteiger partial charge on any atom is 0.260 e. The van der Waals surface area contributed by atoms with E-state index in [1.165, 1.54) is 27.8 Å². The van der Waals surface area contributed by atoms with Gasteiger partial charge >= 0.3 is 0 Å². The Morgan fingerprint density at radius 1 is 1.15 bits per heavy atom. The van der Waals surface area contributed by atoms with E-state index in [1.807, 2.05) is 25.1 Å². The second-order valence-corrected chi connectivity index (χ2v) is 11.6. The Balaban J connectivity index is 1.45. The number of sulfonamides is 1. The van der Waals surface area contributed by atoms with Crippen molar-refractivity contribution in [3.63, 3.8) is 0 Å². The monoisotopic (exact) mass is 485 g/mol. The number of nitrogens with zero attached hydrogens (tertiary/aromatic N) is 3. The van der Waals surface area contributed by atoms with Crippen LogP contribution in [0.2, 0.25) is 0 Å². The Bertz CT molecular complexity index is 1260. The van der Waals surface area contributed by atoms with Gasteiger partial charge in [0.15, 0.2) is 5.13 Å². The van der Waals surface area contributed by atoms with Gasteiger partial charge in [0, 0.05) is 25.3 Å². The average molecular weight is 486 g/mol. The predicted molar refractivity (Wildman–Crippen MR) is 129 cm³/mol. The maximum absolute atomic E-state index is 13.6. The first kappa shape index (κ1) is 22.5. The number of amides is 1. The molecule has 3 aromatic rings. The highest BCUT2D eigenvalue weighted by Gasteiger charge is 2.29. The number of para-hydroxylation sites is 1. The molecule has 5 rings (SSSR count). The Morgan fingerprint density at radius 3 is 2.58 bits per heavy atom. The quantitative estimate of drug-likeness (QED) is 0.522. The minimum absolute atomic E-state index is 0.0307. The van der Waals surface area contributed by atoms with Crippen molar-refractivity contribution in [3.05, 3.63) is 53.6 Å². The van der Waals surface area contributed by atoms with Crippen molar-refractivity contribution in [3.8, 4) is 0 Å². The van der Waals surface area contributed by atoms with Gasteiger partial charge in [-0.2, -0.15) is 4.31 Å². The van der Waals surface area contributed by atoms with Crippen molar-refractivity contribution in [2.45, 2.75) is 43.6 Å². The van der Waals surface area contributed by atoms with E-state index in [9.17, 15) is 13.2 Å². The number of benzene rings is 2. The molecule has 7 nitrogen and oxygen atoms in total. The molecule has 2 fully saturated rings. The molecule has 1 aromatic heterocycles. The maximum atomic E-state index is 13.6. The third-order valence-electron chi connectivity index (χ3n) is 6.30. The summed E-state index contributed by atoms with van der Waals surface area (Å²) in [5.74, 6) is -0.202. The van der Waals surface area contributed by atoms with E-state index in [0.29, 0.717) is 36.9 Å². The van der Waals surface area contributed by atoms with E-state index in [1.54, 1.807) is 17.0 Å². The number of thiazole rings is 1. The Hall–Kier alpha value is -2.33. The Labute approximate surface area is 198 Å². The molecule has 0 spiro atoms. The molecule has 174 valence electrons. The molecular formula is C24H27N3O4S2. The second-order valence-electron chi connectivity index (χ2n) is 8.60. The number of carbonyl (C=O) groups excluding carboxylic acids is 1. The summed E-state index contributed by atoms with van der Waals surface area (Å²) in [5, 5.41) is 0.633. The molecule has 3 heterocycles. The molecule has 1 unspecified atom stereocenters. The van der Waals surface area contributed by atoms with Gasteiger partial charge in [-0.15, -0.1) is 0 Å². The molecule has 0 saturated carbocycles. The number of fused-ring (bicyclic) bond motifs is 1. The zero-order chi connectivity index (χ0) is 23.0. The lowest BCUT2D eigenvalue weighted by atomic mass is 10.2. The van der Waals surface area contributed by atoms with Gasteiger partial charge in [-0.1, -0.05) is 23.5 Å². The fraction of sp³-hybridized carbons (Fsp3) is 0.417. The van der Waals surface area contributed by atoms with Crippen LogP contribution < -0.4 is 4.90 Å². The Kier molecular flexibility index (Phi) is 6.22. The van der Waals surface area contributed by atoms with E-state index < -0.39 is 10.0 Å². The lowest BCUT2D eigenvalue weighted by molar-refractivity contribution is 0.0917. The van der Waals surface area contributed by atoms with Gasteiger partial charge in [-0.05, 0) is 68.5 Å². The van der Waals surface area contributed by atoms with Crippen LogP contribution in [0.5, 0.6) is 0 Å². The van der Waals surface area contributed by atoms with Crippen LogP contribution in [-0.4, -0.2) is 56.0 Å². The van der Waals surface area contributed by atoms with Crippen molar-refractivity contribution >= 4 is 42.6 Å². The van der Waals surface area contributed by atoms with Crippen molar-refractivity contribution in [2.24, 2.45) is 0 Å². The second kappa shape index (κ2) is 9.13. The van der Waals surface area contributed by atoms with Crippen LogP contribution in [0, 0.1) is 6.92 Å². The standard InChI is InChI=1S/C24H27N3O4S2/c1-17-6-4-8-21-22(17)25-24(32-21)27(16-19-7-5-15-31-19)23(28)18-9-11-20(12-10-18)33(29,30)26-13-2-3-14-26/h4,6,8-12,19H,2-3,5,7,13-16H2,1H3. The predicted octanol–water partition coefficient (Wildman–Crippen LogP) is 4.22. The van der Waals surface area contributed by atoms with Gasteiger partial charge in [-0.3, -0.25) is 9.69 Å². The zero-order valence-electron chi connectivity index (χ0n) is 18.6. The summed E-state index contributed by atoms with van der Waals surface area (Å²) >= 11 is 1.49. The number of ether oxygens (including phenoxy) is 1. The molecule has 33 heavy (non-hydrogen) atoms. The average Bonchev–Trinajstić information content (AvgIpc) is 3.59. The van der Waals surface area contributed by atoms with Crippen molar-refractivity contribution < 1.29 is 17.9 Å². The molecule has 2 aliphatic rings. The molecule has 2 aromatic carbocycles. The summed E-state index contributed by atoms with van der Waals surface area (Å²) in [6, 6.07) is 12.3. The minimum Gasteiger partial charge on any atom is -0.376 e. The summed E-state index contributed by atoms with van der Waals surface area (Å²) in [7, 11) is -3.52. The fourth-order valence-electron chi connectivity index (χ4n) is 4.43. The van der Waals surface area contributed by atoms with Crippen LogP contribution >= 0.6 is 11.3 Å². The first-order chi connectivity index (χ1) is 15.9. The first-order valence-electron chi connectivity index (χ1n) is 11.3. The molecule has 0 aliphatic carbocycles. The molecule has 1 amide bonds. The normalized spacial score (nSPS) is 19.4. The zero-order valence-corrected chi connectivity index (χ0v) is 20.2. The third-order valence-corrected chi connectivity index (χ3v) is 9.26. The molecular weight excluding hydrogens is 458 g/mol. The number of aromatic nitrogens is 1. The van der Waals surface area contributed by atoms with Crippen LogP contribution in [0.3, 0.4) is 0 Å². The van der Waals surface area contributed by atoms with Gasteiger partial charge in [0.2, 0.25) is 10.0 Å². The lowest BCUT2D eigenvalue weighted by Gasteiger charge is -2.23. The van der Waals surface area contributed by atoms with Crippen LogP contribution in [0.25, 0.3) is 10.2 Å². The summed E-state index contributed by atoms with van der Waals surface area (Å²) < 4.78 is 34.0. The lowest BCUT2D eigenvalue weighted by Crippen LogP contribution is -2.37. The highest BCUT2D eigenvalue weighted by atomic mass is 32.2. The highest BCUT2D eigenvalue weighted by Crippen LogP contribution is 2.32. The number of carbonyl (C=O) groups is 1. The van der Waals surface area contributed by atoms with E-state index >= 15 is 0 Å². The molecule has 0 radical (unpaired) electrons. The number of anilines is 1. The number of aryl methyl sites for hydroxylation is 1. The van der Waals surface area contributed by atoms with Crippen molar-refractivity contribution in [1.82, 2.24) is 9.29 Å². The van der Waals surface area contributed by atoms with E-state index in [4.69, 9.17) is 9.72 Å². The summed E-state index contributed by atoms with van der Waals surface area (Å²) in [6.45, 7) is 4.24. The summed E-state index contributed by atoms with van der Waals surface area (Å²) in [4.78, 5) is 20.3. The Morgan fingerprint density at radius 2 is 1.91 bits per heavy atom. The number of hydrogen-bond donors (Lipinski definition) is 0. The van der Waals surface area contributed by atoms with Crippen LogP contribution in [-0.2, 0) is 14.8 Å². The van der Waals surface area contributed by atoms with Gasteiger partial charge < -0.3 is 4.74 Å². The topological polar surface area (TPSA) is 79.8 Å². The molecule has 9 heteroatoms. The molecule has 0 N–H and O–H groups in total.